The Hall–Kier alpha value is -4.68. The summed E-state index contributed by atoms with van der Waals surface area (Å²) in [6.45, 7) is 8.33. The Morgan fingerprint density at radius 3 is 2.65 bits per heavy atom. The molecule has 7 heterocycles. The van der Waals surface area contributed by atoms with Crippen molar-refractivity contribution < 1.29 is 19.4 Å². The van der Waals surface area contributed by atoms with E-state index in [1.807, 2.05) is 59.0 Å². The van der Waals surface area contributed by atoms with Crippen molar-refractivity contribution in [2.75, 3.05) is 16.8 Å². The van der Waals surface area contributed by atoms with Crippen LogP contribution in [0.1, 0.15) is 77.2 Å². The lowest BCUT2D eigenvalue weighted by Crippen LogP contribution is -2.51. The molecule has 49 heavy (non-hydrogen) atoms. The van der Waals surface area contributed by atoms with Gasteiger partial charge in [-0.05, 0) is 92.3 Å². The van der Waals surface area contributed by atoms with E-state index in [2.05, 4.69) is 29.1 Å². The van der Waals surface area contributed by atoms with Crippen molar-refractivity contribution >= 4 is 44.5 Å². The lowest BCUT2D eigenvalue weighted by atomic mass is 9.73. The van der Waals surface area contributed by atoms with Gasteiger partial charge in [0.1, 0.15) is 16.2 Å². The largest absolute Gasteiger partial charge is 0.476 e. The molecule has 11 nitrogen and oxygen atoms in total. The molecular weight excluding hydrogens is 639 g/mol. The molecule has 2 N–H and O–H groups in total. The van der Waals surface area contributed by atoms with Crippen molar-refractivity contribution in [1.29, 1.82) is 0 Å². The predicted octanol–water partition coefficient (Wildman–Crippen LogP) is 6.76. The van der Waals surface area contributed by atoms with E-state index in [4.69, 9.17) is 14.8 Å². The molecule has 1 amide bonds. The standard InChI is InChI=1S/C37H39N7O4S/c1-21-14-25-15-22(2)17-37(16-21,48-25)20-44-23(3)28(18-39-44)26-9-10-31(41-32(26)35(46)47)43-13-11-24-6-4-7-27(29(24)19-43)33(45)42-36-40-30-8-5-12-38-34(30)49-36/h4-10,12,18,21-22,25H,11,13-17,19-20H2,1-3H3,(H,46,47)(H,40,42,45). The van der Waals surface area contributed by atoms with Gasteiger partial charge in [0.2, 0.25) is 0 Å². The van der Waals surface area contributed by atoms with Crippen LogP contribution >= 0.6 is 11.3 Å². The molecule has 0 saturated carbocycles. The van der Waals surface area contributed by atoms with Gasteiger partial charge in [0.25, 0.3) is 5.91 Å². The van der Waals surface area contributed by atoms with Crippen molar-refractivity contribution in [2.45, 2.75) is 77.7 Å². The number of anilines is 2. The average molecular weight is 678 g/mol. The molecule has 5 aromatic rings. The number of nitrogens with one attached hydrogen (secondary N) is 1. The number of carboxylic acid groups (broad SMARTS) is 1. The zero-order valence-electron chi connectivity index (χ0n) is 27.8. The number of hydrogen-bond donors (Lipinski definition) is 2. The number of pyridine rings is 2. The number of carboxylic acids is 1. The molecule has 2 atom stereocenters. The van der Waals surface area contributed by atoms with Crippen LogP contribution in [-0.2, 0) is 24.2 Å². The molecule has 0 aliphatic carbocycles. The lowest BCUT2D eigenvalue weighted by molar-refractivity contribution is -0.193. The number of amides is 1. The molecule has 8 rings (SSSR count). The van der Waals surface area contributed by atoms with Gasteiger partial charge in [0, 0.05) is 41.7 Å². The number of nitrogens with zero attached hydrogens (tertiary/aromatic N) is 6. The summed E-state index contributed by atoms with van der Waals surface area (Å²) in [4.78, 5) is 42.5. The SMILES string of the molecule is Cc1c(-c2ccc(N3CCc4cccc(C(=O)Nc5nc6cccnc6s5)c4C3)nc2C(=O)O)cnn1CC12CC(C)CC(CC(C)C1)O2. The van der Waals surface area contributed by atoms with E-state index >= 15 is 0 Å². The third kappa shape index (κ3) is 5.97. The van der Waals surface area contributed by atoms with Crippen LogP contribution in [0.5, 0.6) is 0 Å². The van der Waals surface area contributed by atoms with Crippen LogP contribution in [0.4, 0.5) is 10.9 Å². The van der Waals surface area contributed by atoms with E-state index < -0.39 is 5.97 Å². The zero-order chi connectivity index (χ0) is 33.9. The van der Waals surface area contributed by atoms with Crippen LogP contribution in [-0.4, -0.2) is 60.0 Å². The second-order valence-electron chi connectivity index (χ2n) is 14.1. The zero-order valence-corrected chi connectivity index (χ0v) is 28.7. The van der Waals surface area contributed by atoms with E-state index in [1.54, 1.807) is 12.4 Å². The number of rotatable bonds is 7. The van der Waals surface area contributed by atoms with Gasteiger partial charge in [-0.15, -0.1) is 0 Å². The first-order valence-electron chi connectivity index (χ1n) is 17.0. The first-order chi connectivity index (χ1) is 23.6. The molecule has 12 heteroatoms. The summed E-state index contributed by atoms with van der Waals surface area (Å²) in [6, 6.07) is 13.1. The Labute approximate surface area is 288 Å². The second-order valence-corrected chi connectivity index (χ2v) is 15.1. The highest BCUT2D eigenvalue weighted by Gasteiger charge is 2.46. The first kappa shape index (κ1) is 31.6. The van der Waals surface area contributed by atoms with Gasteiger partial charge in [-0.3, -0.25) is 14.8 Å². The van der Waals surface area contributed by atoms with Crippen molar-refractivity contribution in [3.8, 4) is 11.1 Å². The molecule has 1 aromatic carbocycles. The molecular formula is C37H39N7O4S. The monoisotopic (exact) mass is 677 g/mol. The Morgan fingerprint density at radius 2 is 1.88 bits per heavy atom. The van der Waals surface area contributed by atoms with E-state index in [1.165, 1.54) is 11.3 Å². The number of aromatic nitrogens is 5. The van der Waals surface area contributed by atoms with E-state index in [0.29, 0.717) is 66.1 Å². The molecule has 2 unspecified atom stereocenters. The summed E-state index contributed by atoms with van der Waals surface area (Å²) in [5, 5.41) is 18.5. The molecule has 3 aliphatic heterocycles. The minimum Gasteiger partial charge on any atom is -0.476 e. The number of fused-ring (bicyclic) bond motifs is 4. The van der Waals surface area contributed by atoms with Crippen molar-refractivity contribution in [2.24, 2.45) is 11.8 Å². The minimum atomic E-state index is -1.10. The number of ether oxygens (including phenoxy) is 1. The van der Waals surface area contributed by atoms with E-state index in [-0.39, 0.29) is 17.2 Å². The molecule has 2 fully saturated rings. The van der Waals surface area contributed by atoms with Gasteiger partial charge < -0.3 is 14.7 Å². The van der Waals surface area contributed by atoms with Gasteiger partial charge in [-0.2, -0.15) is 5.10 Å². The number of thiazole rings is 1. The number of carbonyl (C=O) groups is 2. The van der Waals surface area contributed by atoms with Gasteiger partial charge >= 0.3 is 5.97 Å². The number of carbonyl (C=O) groups excluding carboxylic acids is 1. The Morgan fingerprint density at radius 1 is 1.06 bits per heavy atom. The predicted molar refractivity (Wildman–Crippen MR) is 188 cm³/mol. The maximum absolute atomic E-state index is 13.5. The maximum atomic E-state index is 13.5. The third-order valence-electron chi connectivity index (χ3n) is 10.3. The third-order valence-corrected chi connectivity index (χ3v) is 11.2. The minimum absolute atomic E-state index is 0.0199. The molecule has 0 spiro atoms. The van der Waals surface area contributed by atoms with Crippen LogP contribution in [0.2, 0.25) is 0 Å². The smallest absolute Gasteiger partial charge is 0.355 e. The topological polar surface area (TPSA) is 135 Å². The Balaban J connectivity index is 1.04. The summed E-state index contributed by atoms with van der Waals surface area (Å²) < 4.78 is 8.64. The fourth-order valence-electron chi connectivity index (χ4n) is 8.35. The van der Waals surface area contributed by atoms with Crippen LogP contribution < -0.4 is 10.2 Å². The summed E-state index contributed by atoms with van der Waals surface area (Å²) in [5.74, 6) is 0.403. The fourth-order valence-corrected chi connectivity index (χ4v) is 9.15. The number of hydrogen-bond acceptors (Lipinski definition) is 9. The fraction of sp³-hybridized carbons (Fsp3) is 0.405. The number of benzene rings is 1. The van der Waals surface area contributed by atoms with Crippen molar-refractivity contribution in [3.05, 3.63) is 82.9 Å². The second kappa shape index (κ2) is 12.3. The molecule has 3 aliphatic rings. The van der Waals surface area contributed by atoms with Crippen molar-refractivity contribution in [3.63, 3.8) is 0 Å². The Kier molecular flexibility index (Phi) is 7.95. The Bertz CT molecular complexity index is 2040. The lowest BCUT2D eigenvalue weighted by Gasteiger charge is -2.50. The number of aromatic carboxylic acids is 1. The summed E-state index contributed by atoms with van der Waals surface area (Å²) in [7, 11) is 0. The quantitative estimate of drug-likeness (QED) is 0.192. The summed E-state index contributed by atoms with van der Waals surface area (Å²) in [5.41, 5.74) is 5.19. The van der Waals surface area contributed by atoms with Gasteiger partial charge in [0.15, 0.2) is 10.8 Å². The van der Waals surface area contributed by atoms with E-state index in [0.717, 1.165) is 58.4 Å². The van der Waals surface area contributed by atoms with Crippen LogP contribution in [0, 0.1) is 18.8 Å². The van der Waals surface area contributed by atoms with Crippen LogP contribution in [0.15, 0.2) is 54.9 Å². The molecule has 252 valence electrons. The highest BCUT2D eigenvalue weighted by Crippen LogP contribution is 2.45. The van der Waals surface area contributed by atoms with Gasteiger partial charge in [-0.25, -0.2) is 19.7 Å². The summed E-state index contributed by atoms with van der Waals surface area (Å²) >= 11 is 1.33. The molecule has 0 radical (unpaired) electrons. The van der Waals surface area contributed by atoms with Gasteiger partial charge in [-0.1, -0.05) is 37.3 Å². The van der Waals surface area contributed by atoms with Gasteiger partial charge in [0.05, 0.1) is 24.4 Å². The van der Waals surface area contributed by atoms with Crippen molar-refractivity contribution in [1.82, 2.24) is 24.7 Å². The normalized spacial score (nSPS) is 23.3. The molecule has 2 bridgehead atoms. The maximum Gasteiger partial charge on any atom is 0.355 e. The highest BCUT2D eigenvalue weighted by atomic mass is 32.1. The average Bonchev–Trinajstić information content (AvgIpc) is 3.64. The van der Waals surface area contributed by atoms with Crippen LogP contribution in [0.3, 0.4) is 0 Å². The molecule has 4 aromatic heterocycles. The highest BCUT2D eigenvalue weighted by molar-refractivity contribution is 7.21. The molecule has 2 saturated heterocycles. The van der Waals surface area contributed by atoms with E-state index in [9.17, 15) is 14.7 Å². The van der Waals surface area contributed by atoms with Crippen LogP contribution in [0.25, 0.3) is 21.5 Å². The first-order valence-corrected chi connectivity index (χ1v) is 17.8. The summed E-state index contributed by atoms with van der Waals surface area (Å²) in [6.07, 6.45) is 8.67.